The number of halogens is 1. The van der Waals surface area contributed by atoms with Crippen LogP contribution in [-0.2, 0) is 4.79 Å². The van der Waals surface area contributed by atoms with Crippen molar-refractivity contribution in [2.75, 3.05) is 42.3 Å². The van der Waals surface area contributed by atoms with Gasteiger partial charge in [-0.25, -0.2) is 14.8 Å². The molecule has 9 rings (SSSR count). The number of H-pyrrole nitrogens is 2. The third-order valence-electron chi connectivity index (χ3n) is 10.1. The van der Waals surface area contributed by atoms with Gasteiger partial charge in [-0.1, -0.05) is 11.6 Å². The van der Waals surface area contributed by atoms with Crippen LogP contribution in [0.15, 0.2) is 97.3 Å². The molecule has 52 heavy (non-hydrogen) atoms. The monoisotopic (exact) mass is 740 g/mol. The number of fused-ring (bicyclic) bond motifs is 2. The molecule has 1 saturated heterocycles. The van der Waals surface area contributed by atoms with E-state index in [-0.39, 0.29) is 5.91 Å². The maximum Gasteiger partial charge on any atom is 0.242 e. The first-order valence-corrected chi connectivity index (χ1v) is 18.9. The Morgan fingerprint density at radius 1 is 0.942 bits per heavy atom. The summed E-state index contributed by atoms with van der Waals surface area (Å²) in [7, 11) is 0. The molecule has 2 fully saturated rings. The van der Waals surface area contributed by atoms with Crippen LogP contribution in [-0.4, -0.2) is 79.6 Å². The fraction of sp³-hybridized carbons (Fsp3) is 0.343. The van der Waals surface area contributed by atoms with E-state index in [1.54, 1.807) is 11.8 Å². The summed E-state index contributed by atoms with van der Waals surface area (Å²) in [5.74, 6) is 3.50. The van der Waals surface area contributed by atoms with E-state index in [0.717, 1.165) is 110 Å². The molecule has 7 N–H and O–H groups in total. The molecule has 0 bridgehead atoms. The number of nitrogens with one attached hydrogen (secondary N) is 7. The highest BCUT2D eigenvalue weighted by Crippen LogP contribution is 2.48. The Hall–Kier alpha value is -5.03. The second-order valence-electron chi connectivity index (χ2n) is 14.0. The highest BCUT2D eigenvalue weighted by Gasteiger charge is 2.62. The highest BCUT2D eigenvalue weighted by molar-refractivity contribution is 8.02. The molecular formula is C35H41ClN14OS+2. The molecule has 0 spiro atoms. The van der Waals surface area contributed by atoms with Gasteiger partial charge in [0.1, 0.15) is 24.7 Å². The summed E-state index contributed by atoms with van der Waals surface area (Å²) < 4.78 is 0. The fourth-order valence-corrected chi connectivity index (χ4v) is 8.54. The Bertz CT molecular complexity index is 2080. The highest BCUT2D eigenvalue weighted by atomic mass is 35.5. The van der Waals surface area contributed by atoms with Crippen molar-refractivity contribution >= 4 is 58.8 Å². The van der Waals surface area contributed by atoms with Crippen molar-refractivity contribution in [3.05, 3.63) is 93.8 Å². The van der Waals surface area contributed by atoms with Gasteiger partial charge in [-0.05, 0) is 82.0 Å². The largest absolute Gasteiger partial charge is 0.326 e. The molecule has 5 aliphatic heterocycles. The number of aliphatic imine (C=N–C) groups is 2. The standard InChI is InChI=1S/C35H39ClN14OS/c1-22-14-28(42-40-22)44-47-17-25-16-37-33(50(25)30(19-47)46-12-4-3-5-13-46)35(10-11-35)34(51)39-24-6-8-26(9-7-24)52-31-20-48(45-29-15-23(2)41-43-29)18-27-32(36)38-21-49(27)31/h6-9,14-16,19-21H,3-5,10-13,17-18H2,1-2H3,(H,39,51)(H2,40,42,44)(H2,41,43,45)/p+2. The summed E-state index contributed by atoms with van der Waals surface area (Å²) in [6.07, 6.45) is 13.1. The van der Waals surface area contributed by atoms with Gasteiger partial charge < -0.3 is 10.2 Å². The van der Waals surface area contributed by atoms with Gasteiger partial charge >= 0.3 is 0 Å². The number of amidine groups is 1. The van der Waals surface area contributed by atoms with Crippen molar-refractivity contribution in [1.82, 2.24) is 35.3 Å². The van der Waals surface area contributed by atoms with Crippen LogP contribution in [0.1, 0.15) is 43.5 Å². The van der Waals surface area contributed by atoms with Gasteiger partial charge in [0.2, 0.25) is 23.9 Å². The number of aryl methyl sites for hydroxylation is 2. The van der Waals surface area contributed by atoms with Crippen LogP contribution in [0.5, 0.6) is 0 Å². The van der Waals surface area contributed by atoms with E-state index in [2.05, 4.69) is 63.9 Å². The van der Waals surface area contributed by atoms with E-state index in [0.29, 0.717) is 18.2 Å². The molecule has 1 aliphatic carbocycles. The lowest BCUT2D eigenvalue weighted by atomic mass is 10.0. The number of amides is 1. The van der Waals surface area contributed by atoms with Crippen LogP contribution in [0.3, 0.4) is 0 Å². The van der Waals surface area contributed by atoms with Crippen LogP contribution in [0.4, 0.5) is 17.3 Å². The number of nitrogens with zero attached hydrogens (tertiary/aromatic N) is 7. The Morgan fingerprint density at radius 2 is 1.63 bits per heavy atom. The van der Waals surface area contributed by atoms with Crippen LogP contribution in [0.25, 0.3) is 0 Å². The van der Waals surface area contributed by atoms with Gasteiger partial charge in [-0.3, -0.25) is 35.9 Å². The number of aromatic amines is 2. The minimum absolute atomic E-state index is 0.00759. The van der Waals surface area contributed by atoms with E-state index < -0.39 is 5.41 Å². The number of carbonyl (C=O) groups is 1. The van der Waals surface area contributed by atoms with E-state index in [1.807, 2.05) is 67.8 Å². The van der Waals surface area contributed by atoms with E-state index in [9.17, 15) is 4.79 Å². The summed E-state index contributed by atoms with van der Waals surface area (Å²) in [5, 5.41) is 23.4. The number of likely N-dealkylation sites (tertiary alicyclic amines) is 1. The van der Waals surface area contributed by atoms with Crippen LogP contribution >= 0.6 is 23.4 Å². The molecule has 3 aromatic rings. The van der Waals surface area contributed by atoms with Gasteiger partial charge in [-0.15, -0.1) is 0 Å². The van der Waals surface area contributed by atoms with Crippen molar-refractivity contribution in [2.45, 2.75) is 50.8 Å². The maximum atomic E-state index is 14.1. The molecule has 2 unspecified atom stereocenters. The predicted octanol–water partition coefficient (Wildman–Crippen LogP) is 2.80. The molecule has 7 heterocycles. The molecule has 268 valence electrons. The number of rotatable bonds is 10. The number of carbonyl (C=O) groups excluding carboxylic acids is 1. The number of piperidine rings is 1. The Labute approximate surface area is 310 Å². The summed E-state index contributed by atoms with van der Waals surface area (Å²) >= 11 is 8.11. The Morgan fingerprint density at radius 3 is 2.29 bits per heavy atom. The first kappa shape index (κ1) is 32.8. The van der Waals surface area contributed by atoms with Gasteiger partial charge in [-0.2, -0.15) is 15.2 Å². The molecule has 1 aromatic carbocycles. The third kappa shape index (κ3) is 6.25. The van der Waals surface area contributed by atoms with Crippen LogP contribution < -0.4 is 26.0 Å². The fourth-order valence-electron chi connectivity index (χ4n) is 7.34. The number of hydrogen-bond donors (Lipinski definition) is 7. The molecule has 1 saturated carbocycles. The molecule has 6 aliphatic rings. The summed E-state index contributed by atoms with van der Waals surface area (Å²) in [4.78, 5) is 29.1. The number of aromatic nitrogens is 4. The number of anilines is 3. The smallest absolute Gasteiger partial charge is 0.242 e. The van der Waals surface area contributed by atoms with E-state index >= 15 is 0 Å². The summed E-state index contributed by atoms with van der Waals surface area (Å²) in [6, 6.07) is 11.9. The SMILES string of the molecule is Cc1cc(NN2C=C(N3CCCCC3)[NH+]3C(=CN=C3C3(C(=O)Nc4ccc(SC5=CN(Nc6cc(C)[nH]n6)CC6=C(Cl)N=C[NH+]56)cc4)CC3)C2)n[nH]1. The third-order valence-corrected chi connectivity index (χ3v) is 11.5. The van der Waals surface area contributed by atoms with Crippen molar-refractivity contribution in [2.24, 2.45) is 15.4 Å². The van der Waals surface area contributed by atoms with Gasteiger partial charge in [0, 0.05) is 47.2 Å². The second kappa shape index (κ2) is 13.2. The van der Waals surface area contributed by atoms with Gasteiger partial charge in [0.05, 0.1) is 12.4 Å². The van der Waals surface area contributed by atoms with Gasteiger partial charge in [0.15, 0.2) is 33.2 Å². The normalized spacial score (nSPS) is 23.1. The molecule has 17 heteroatoms. The van der Waals surface area contributed by atoms with Crippen molar-refractivity contribution < 1.29 is 14.6 Å². The minimum atomic E-state index is -0.651. The number of thioether (sulfide) groups is 1. The van der Waals surface area contributed by atoms with Crippen molar-refractivity contribution in [1.29, 1.82) is 0 Å². The van der Waals surface area contributed by atoms with Crippen LogP contribution in [0, 0.1) is 19.3 Å². The molecule has 1 amide bonds. The first-order valence-electron chi connectivity index (χ1n) is 17.7. The number of hydrogen-bond acceptors (Lipinski definition) is 11. The predicted molar refractivity (Wildman–Crippen MR) is 200 cm³/mol. The molecule has 2 aromatic heterocycles. The Balaban J connectivity index is 0.898. The zero-order valence-electron chi connectivity index (χ0n) is 29.0. The number of benzene rings is 1. The van der Waals surface area contributed by atoms with Gasteiger partial charge in [0.25, 0.3) is 0 Å². The number of quaternary nitrogens is 2. The molecule has 15 nitrogen and oxygen atoms in total. The van der Waals surface area contributed by atoms with E-state index in [4.69, 9.17) is 16.6 Å². The maximum absolute atomic E-state index is 14.1. The topological polar surface area (TPSA) is 154 Å². The zero-order chi connectivity index (χ0) is 35.4. The zero-order valence-corrected chi connectivity index (χ0v) is 30.5. The van der Waals surface area contributed by atoms with Crippen molar-refractivity contribution in [3.8, 4) is 0 Å². The van der Waals surface area contributed by atoms with Crippen molar-refractivity contribution in [3.63, 3.8) is 0 Å². The Kier molecular flexibility index (Phi) is 8.33. The minimum Gasteiger partial charge on any atom is -0.326 e. The van der Waals surface area contributed by atoms with E-state index in [1.165, 1.54) is 6.42 Å². The molecule has 0 radical (unpaired) electrons. The molecule has 2 atom stereocenters. The number of hydrazine groups is 2. The first-order chi connectivity index (χ1) is 25.3. The average Bonchev–Trinajstić information content (AvgIpc) is 3.41. The summed E-state index contributed by atoms with van der Waals surface area (Å²) in [5.41, 5.74) is 10.9. The van der Waals surface area contributed by atoms with Crippen LogP contribution in [0.2, 0.25) is 0 Å². The molecular weight excluding hydrogens is 700 g/mol. The second-order valence-corrected chi connectivity index (χ2v) is 15.5. The average molecular weight is 741 g/mol. The lowest BCUT2D eigenvalue weighted by Gasteiger charge is -2.38. The summed E-state index contributed by atoms with van der Waals surface area (Å²) in [6.45, 7) is 7.12. The lowest BCUT2D eigenvalue weighted by molar-refractivity contribution is -0.735. The lowest BCUT2D eigenvalue weighted by Crippen LogP contribution is -3.14. The quantitative estimate of drug-likeness (QED) is 0.156.